The Bertz CT molecular complexity index is 430. The molecule has 2 nitrogen and oxygen atoms in total. The van der Waals surface area contributed by atoms with Crippen molar-refractivity contribution in [2.24, 2.45) is 11.3 Å². The summed E-state index contributed by atoms with van der Waals surface area (Å²) >= 11 is 6.16. The van der Waals surface area contributed by atoms with E-state index in [1.54, 1.807) is 0 Å². The number of aromatic nitrogens is 2. The largest absolute Gasteiger partial charge is 0.238 e. The van der Waals surface area contributed by atoms with Crippen molar-refractivity contribution in [2.45, 2.75) is 65.7 Å². The van der Waals surface area contributed by atoms with Gasteiger partial charge in [-0.2, -0.15) is 0 Å². The minimum Gasteiger partial charge on any atom is -0.238 e. The van der Waals surface area contributed by atoms with Crippen molar-refractivity contribution in [3.05, 3.63) is 22.7 Å². The van der Waals surface area contributed by atoms with Crippen LogP contribution in [0.25, 0.3) is 0 Å². The number of rotatable bonds is 3. The molecule has 1 saturated carbocycles. The Hall–Kier alpha value is -0.630. The molecule has 0 atom stereocenters. The van der Waals surface area contributed by atoms with E-state index in [9.17, 15) is 0 Å². The topological polar surface area (TPSA) is 25.8 Å². The molecule has 0 radical (unpaired) electrons. The molecular weight excluding hydrogens is 256 g/mol. The highest BCUT2D eigenvalue weighted by Crippen LogP contribution is 2.41. The summed E-state index contributed by atoms with van der Waals surface area (Å²) in [5.74, 6) is 2.07. The van der Waals surface area contributed by atoms with Gasteiger partial charge in [-0.25, -0.2) is 9.97 Å². The summed E-state index contributed by atoms with van der Waals surface area (Å²) < 4.78 is 0. The summed E-state index contributed by atoms with van der Waals surface area (Å²) in [7, 11) is 0. The second-order valence-corrected chi connectivity index (χ2v) is 7.46. The van der Waals surface area contributed by atoms with E-state index in [1.807, 2.05) is 6.07 Å². The maximum Gasteiger partial charge on any atom is 0.133 e. The predicted molar refractivity (Wildman–Crippen MR) is 80.6 cm³/mol. The minimum absolute atomic E-state index is 0.482. The van der Waals surface area contributed by atoms with E-state index in [4.69, 9.17) is 16.6 Å². The van der Waals surface area contributed by atoms with Gasteiger partial charge in [-0.3, -0.25) is 0 Å². The van der Waals surface area contributed by atoms with Crippen molar-refractivity contribution in [1.82, 2.24) is 9.97 Å². The molecule has 3 heteroatoms. The first kappa shape index (κ1) is 14.8. The van der Waals surface area contributed by atoms with Crippen LogP contribution in [0.2, 0.25) is 5.15 Å². The minimum atomic E-state index is 0.482. The van der Waals surface area contributed by atoms with Crippen LogP contribution in [0.3, 0.4) is 0 Å². The third kappa shape index (κ3) is 4.17. The van der Waals surface area contributed by atoms with E-state index in [1.165, 1.54) is 25.7 Å². The van der Waals surface area contributed by atoms with Crippen LogP contribution in [0.5, 0.6) is 0 Å². The fourth-order valence-electron chi connectivity index (χ4n) is 2.85. The van der Waals surface area contributed by atoms with Crippen molar-refractivity contribution in [1.29, 1.82) is 0 Å². The fraction of sp³-hybridized carbons (Fsp3) is 0.750. The first-order chi connectivity index (χ1) is 8.85. The molecule has 1 aromatic heterocycles. The van der Waals surface area contributed by atoms with Crippen molar-refractivity contribution in [3.63, 3.8) is 0 Å². The average Bonchev–Trinajstić information content (AvgIpc) is 2.26. The van der Waals surface area contributed by atoms with E-state index >= 15 is 0 Å². The van der Waals surface area contributed by atoms with Crippen molar-refractivity contribution in [2.75, 3.05) is 0 Å². The van der Waals surface area contributed by atoms with E-state index in [0.717, 1.165) is 17.9 Å². The van der Waals surface area contributed by atoms with Gasteiger partial charge in [0.15, 0.2) is 0 Å². The number of hydrogen-bond donors (Lipinski definition) is 0. The van der Waals surface area contributed by atoms with Crippen LogP contribution in [0.15, 0.2) is 6.07 Å². The van der Waals surface area contributed by atoms with Crippen LogP contribution in [-0.4, -0.2) is 9.97 Å². The maximum atomic E-state index is 6.16. The molecule has 0 N–H and O–H groups in total. The zero-order chi connectivity index (χ0) is 14.0. The Morgan fingerprint density at radius 2 is 1.89 bits per heavy atom. The van der Waals surface area contributed by atoms with Gasteiger partial charge in [-0.15, -0.1) is 0 Å². The Morgan fingerprint density at radius 1 is 1.26 bits per heavy atom. The highest BCUT2D eigenvalue weighted by atomic mass is 35.5. The Kier molecular flexibility index (Phi) is 4.50. The molecule has 1 aromatic rings. The molecular formula is C16H25ClN2. The van der Waals surface area contributed by atoms with Gasteiger partial charge in [-0.1, -0.05) is 39.3 Å². The summed E-state index contributed by atoms with van der Waals surface area (Å²) in [4.78, 5) is 9.22. The van der Waals surface area contributed by atoms with Crippen LogP contribution < -0.4 is 0 Å². The third-order valence-corrected chi connectivity index (χ3v) is 4.28. The monoisotopic (exact) mass is 280 g/mol. The van der Waals surface area contributed by atoms with Crippen molar-refractivity contribution < 1.29 is 0 Å². The highest BCUT2D eigenvalue weighted by Gasteiger charge is 2.29. The molecule has 1 aliphatic rings. The molecule has 1 fully saturated rings. The predicted octanol–water partition coefficient (Wildman–Crippen LogP) is 5.01. The quantitative estimate of drug-likeness (QED) is 0.727. The molecule has 1 aliphatic carbocycles. The standard InChI is InChI=1S/C16H25ClN2/c1-11(2)9-13-10-14(17)19-15(18-13)12-5-7-16(3,4)8-6-12/h10-12H,5-9H2,1-4H3. The number of hydrogen-bond acceptors (Lipinski definition) is 2. The maximum absolute atomic E-state index is 6.16. The third-order valence-electron chi connectivity index (χ3n) is 4.09. The van der Waals surface area contributed by atoms with Gasteiger partial charge in [0.2, 0.25) is 0 Å². The van der Waals surface area contributed by atoms with Gasteiger partial charge in [0.05, 0.1) is 0 Å². The van der Waals surface area contributed by atoms with E-state index in [-0.39, 0.29) is 0 Å². The normalized spacial score (nSPS) is 19.9. The summed E-state index contributed by atoms with van der Waals surface area (Å²) in [5.41, 5.74) is 1.57. The van der Waals surface area contributed by atoms with Crippen LogP contribution in [0.4, 0.5) is 0 Å². The van der Waals surface area contributed by atoms with Crippen LogP contribution in [0, 0.1) is 11.3 Å². The van der Waals surface area contributed by atoms with E-state index < -0.39 is 0 Å². The Labute approximate surface area is 122 Å². The highest BCUT2D eigenvalue weighted by molar-refractivity contribution is 6.29. The summed E-state index contributed by atoms with van der Waals surface area (Å²) in [6.45, 7) is 9.12. The second kappa shape index (κ2) is 5.78. The van der Waals surface area contributed by atoms with Crippen molar-refractivity contribution >= 4 is 11.6 Å². The summed E-state index contributed by atoms with van der Waals surface area (Å²) in [6, 6.07) is 1.91. The first-order valence-electron chi connectivity index (χ1n) is 7.39. The molecule has 0 unspecified atom stereocenters. The van der Waals surface area contributed by atoms with Gasteiger partial charge in [0.1, 0.15) is 11.0 Å². The van der Waals surface area contributed by atoms with Crippen molar-refractivity contribution in [3.8, 4) is 0 Å². The lowest BCUT2D eigenvalue weighted by molar-refractivity contribution is 0.220. The fourth-order valence-corrected chi connectivity index (χ4v) is 3.06. The average molecular weight is 281 g/mol. The SMILES string of the molecule is CC(C)Cc1cc(Cl)nc(C2CCC(C)(C)CC2)n1. The molecule has 0 aromatic carbocycles. The molecule has 0 saturated heterocycles. The molecule has 0 amide bonds. The lowest BCUT2D eigenvalue weighted by Crippen LogP contribution is -2.21. The molecule has 0 spiro atoms. The van der Waals surface area contributed by atoms with Crippen LogP contribution in [-0.2, 0) is 6.42 Å². The van der Waals surface area contributed by atoms with Crippen LogP contribution in [0.1, 0.15) is 70.8 Å². The zero-order valence-corrected chi connectivity index (χ0v) is 13.3. The van der Waals surface area contributed by atoms with Gasteiger partial charge < -0.3 is 0 Å². The Morgan fingerprint density at radius 3 is 2.47 bits per heavy atom. The summed E-state index contributed by atoms with van der Waals surface area (Å²) in [5, 5.41) is 0.602. The van der Waals surface area contributed by atoms with Gasteiger partial charge in [0.25, 0.3) is 0 Å². The number of halogens is 1. The molecule has 1 heterocycles. The molecule has 0 bridgehead atoms. The van der Waals surface area contributed by atoms with Gasteiger partial charge >= 0.3 is 0 Å². The number of nitrogens with zero attached hydrogens (tertiary/aromatic N) is 2. The van der Waals surface area contributed by atoms with E-state index in [0.29, 0.717) is 22.4 Å². The molecule has 2 rings (SSSR count). The van der Waals surface area contributed by atoms with Crippen LogP contribution >= 0.6 is 11.6 Å². The molecule has 106 valence electrons. The van der Waals surface area contributed by atoms with E-state index in [2.05, 4.69) is 32.7 Å². The summed E-state index contributed by atoms with van der Waals surface area (Å²) in [6.07, 6.45) is 5.87. The second-order valence-electron chi connectivity index (χ2n) is 7.08. The molecule has 19 heavy (non-hydrogen) atoms. The lowest BCUT2D eigenvalue weighted by atomic mass is 9.73. The first-order valence-corrected chi connectivity index (χ1v) is 7.77. The lowest BCUT2D eigenvalue weighted by Gasteiger charge is -2.33. The smallest absolute Gasteiger partial charge is 0.133 e. The van der Waals surface area contributed by atoms with Gasteiger partial charge in [0, 0.05) is 11.6 Å². The Balaban J connectivity index is 2.14. The van der Waals surface area contributed by atoms with Gasteiger partial charge in [-0.05, 0) is 49.5 Å². The zero-order valence-electron chi connectivity index (χ0n) is 12.5. The molecule has 0 aliphatic heterocycles.